The zero-order valence-corrected chi connectivity index (χ0v) is 11.0. The van der Waals surface area contributed by atoms with Crippen LogP contribution in [-0.4, -0.2) is 5.11 Å². The Hall–Kier alpha value is -1.26. The molecule has 2 aromatic rings. The average molecular weight is 313 g/mol. The van der Waals surface area contributed by atoms with Crippen LogP contribution in [-0.2, 0) is 6.42 Å². The summed E-state index contributed by atoms with van der Waals surface area (Å²) in [7, 11) is 0. The second-order valence-electron chi connectivity index (χ2n) is 3.95. The Morgan fingerprint density at radius 1 is 1.06 bits per heavy atom. The van der Waals surface area contributed by atoms with E-state index in [4.69, 9.17) is 0 Å². The highest BCUT2D eigenvalue weighted by Crippen LogP contribution is 2.26. The zero-order valence-electron chi connectivity index (χ0n) is 9.41. The molecule has 0 aliphatic carbocycles. The molecule has 0 aliphatic rings. The molecule has 0 bridgehead atoms. The van der Waals surface area contributed by atoms with Gasteiger partial charge in [0.2, 0.25) is 0 Å². The second kappa shape index (κ2) is 5.59. The molecule has 1 nitrogen and oxygen atoms in total. The third kappa shape index (κ3) is 2.76. The molecule has 1 atom stereocenters. The number of benzene rings is 2. The summed E-state index contributed by atoms with van der Waals surface area (Å²) in [4.78, 5) is 0. The number of rotatable bonds is 3. The van der Waals surface area contributed by atoms with E-state index >= 15 is 0 Å². The monoisotopic (exact) mass is 312 g/mol. The molecule has 2 rings (SSSR count). The lowest BCUT2D eigenvalue weighted by Gasteiger charge is -2.13. The van der Waals surface area contributed by atoms with Crippen molar-refractivity contribution >= 4 is 15.9 Å². The minimum absolute atomic E-state index is 0.0417. The molecule has 0 heterocycles. The molecule has 0 amide bonds. The maximum absolute atomic E-state index is 13.8. The number of halogens is 3. The number of aliphatic hydroxyl groups is 1. The molecule has 0 spiro atoms. The molecule has 18 heavy (non-hydrogen) atoms. The first-order valence-electron chi connectivity index (χ1n) is 5.45. The SMILES string of the molecule is OC(Cc1ccccc1F)c1cccc(Br)c1F. The Morgan fingerprint density at radius 3 is 2.50 bits per heavy atom. The van der Waals surface area contributed by atoms with Gasteiger partial charge in [0.25, 0.3) is 0 Å². The topological polar surface area (TPSA) is 20.2 Å². The maximum Gasteiger partial charge on any atom is 0.143 e. The molecule has 0 aromatic heterocycles. The van der Waals surface area contributed by atoms with E-state index < -0.39 is 17.7 Å². The first-order valence-corrected chi connectivity index (χ1v) is 6.24. The van der Waals surface area contributed by atoms with Crippen molar-refractivity contribution in [3.8, 4) is 0 Å². The lowest BCUT2D eigenvalue weighted by molar-refractivity contribution is 0.172. The Labute approximate surface area is 112 Å². The van der Waals surface area contributed by atoms with Gasteiger partial charge >= 0.3 is 0 Å². The predicted octanol–water partition coefficient (Wildman–Crippen LogP) is 4.00. The van der Waals surface area contributed by atoms with E-state index in [0.717, 1.165) is 0 Å². The molecule has 0 saturated heterocycles. The van der Waals surface area contributed by atoms with Crippen LogP contribution < -0.4 is 0 Å². The first kappa shape index (κ1) is 13.2. The number of aliphatic hydroxyl groups excluding tert-OH is 1. The lowest BCUT2D eigenvalue weighted by Crippen LogP contribution is -2.06. The summed E-state index contributed by atoms with van der Waals surface area (Å²) in [6.07, 6.45) is -1.03. The Bertz CT molecular complexity index is 557. The second-order valence-corrected chi connectivity index (χ2v) is 4.81. The van der Waals surface area contributed by atoms with Crippen molar-refractivity contribution in [1.29, 1.82) is 0 Å². The highest BCUT2D eigenvalue weighted by atomic mass is 79.9. The molecule has 2 aromatic carbocycles. The fourth-order valence-electron chi connectivity index (χ4n) is 1.76. The van der Waals surface area contributed by atoms with Gasteiger partial charge in [-0.25, -0.2) is 8.78 Å². The van der Waals surface area contributed by atoms with Gasteiger partial charge in [-0.2, -0.15) is 0 Å². The summed E-state index contributed by atoms with van der Waals surface area (Å²) in [5.74, 6) is -0.909. The van der Waals surface area contributed by atoms with Crippen LogP contribution in [0.15, 0.2) is 46.9 Å². The summed E-state index contributed by atoms with van der Waals surface area (Å²) in [6.45, 7) is 0. The van der Waals surface area contributed by atoms with E-state index in [0.29, 0.717) is 5.56 Å². The van der Waals surface area contributed by atoms with Crippen molar-refractivity contribution in [2.24, 2.45) is 0 Å². The van der Waals surface area contributed by atoms with Crippen molar-refractivity contribution in [2.75, 3.05) is 0 Å². The first-order chi connectivity index (χ1) is 8.59. The molecule has 0 aliphatic heterocycles. The van der Waals surface area contributed by atoms with Crippen LogP contribution in [0.3, 0.4) is 0 Å². The molecule has 0 radical (unpaired) electrons. The van der Waals surface area contributed by atoms with Gasteiger partial charge in [0, 0.05) is 12.0 Å². The van der Waals surface area contributed by atoms with Crippen LogP contribution in [0.5, 0.6) is 0 Å². The highest BCUT2D eigenvalue weighted by molar-refractivity contribution is 9.10. The molecular weight excluding hydrogens is 302 g/mol. The average Bonchev–Trinajstić information content (AvgIpc) is 2.35. The fraction of sp³-hybridized carbons (Fsp3) is 0.143. The quantitative estimate of drug-likeness (QED) is 0.908. The summed E-state index contributed by atoms with van der Waals surface area (Å²) >= 11 is 3.05. The van der Waals surface area contributed by atoms with Gasteiger partial charge in [0.05, 0.1) is 10.6 Å². The van der Waals surface area contributed by atoms with E-state index in [1.165, 1.54) is 12.1 Å². The maximum atomic E-state index is 13.8. The van der Waals surface area contributed by atoms with E-state index in [1.807, 2.05) is 0 Å². The van der Waals surface area contributed by atoms with Gasteiger partial charge < -0.3 is 5.11 Å². The zero-order chi connectivity index (χ0) is 13.1. The van der Waals surface area contributed by atoms with Gasteiger partial charge in [-0.1, -0.05) is 30.3 Å². The molecule has 4 heteroatoms. The molecule has 0 saturated carbocycles. The van der Waals surface area contributed by atoms with Crippen molar-refractivity contribution in [1.82, 2.24) is 0 Å². The normalized spacial score (nSPS) is 12.4. The number of hydrogen-bond donors (Lipinski definition) is 1. The Balaban J connectivity index is 2.25. The fourth-order valence-corrected chi connectivity index (χ4v) is 2.14. The van der Waals surface area contributed by atoms with Gasteiger partial charge in [-0.15, -0.1) is 0 Å². The molecule has 0 fully saturated rings. The summed E-state index contributed by atoms with van der Waals surface area (Å²) in [5, 5.41) is 9.98. The molecule has 94 valence electrons. The summed E-state index contributed by atoms with van der Waals surface area (Å²) in [6, 6.07) is 10.8. The van der Waals surface area contributed by atoms with Crippen molar-refractivity contribution in [3.05, 3.63) is 69.7 Å². The lowest BCUT2D eigenvalue weighted by atomic mass is 10.0. The minimum atomic E-state index is -1.07. The van der Waals surface area contributed by atoms with Crippen LogP contribution in [0.1, 0.15) is 17.2 Å². The van der Waals surface area contributed by atoms with Gasteiger partial charge in [-0.05, 0) is 33.6 Å². The number of hydrogen-bond acceptors (Lipinski definition) is 1. The highest BCUT2D eigenvalue weighted by Gasteiger charge is 2.16. The third-order valence-corrected chi connectivity index (χ3v) is 3.32. The van der Waals surface area contributed by atoms with Crippen LogP contribution >= 0.6 is 15.9 Å². The molecule has 1 N–H and O–H groups in total. The summed E-state index contributed by atoms with van der Waals surface area (Å²) in [5.41, 5.74) is 0.525. The van der Waals surface area contributed by atoms with E-state index in [1.54, 1.807) is 30.3 Å². The van der Waals surface area contributed by atoms with Crippen LogP contribution in [0, 0.1) is 11.6 Å². The smallest absolute Gasteiger partial charge is 0.143 e. The van der Waals surface area contributed by atoms with Crippen LogP contribution in [0.2, 0.25) is 0 Å². The predicted molar refractivity (Wildman–Crippen MR) is 69.2 cm³/mol. The van der Waals surface area contributed by atoms with Crippen LogP contribution in [0.4, 0.5) is 8.78 Å². The largest absolute Gasteiger partial charge is 0.388 e. The standard InChI is InChI=1S/C14H11BrF2O/c15-11-6-3-5-10(14(11)17)13(18)8-9-4-1-2-7-12(9)16/h1-7,13,18H,8H2. The Morgan fingerprint density at radius 2 is 1.78 bits per heavy atom. The van der Waals surface area contributed by atoms with Gasteiger partial charge in [0.15, 0.2) is 0 Å². The molecular formula is C14H11BrF2O. The summed E-state index contributed by atoms with van der Waals surface area (Å²) < 4.78 is 27.5. The van der Waals surface area contributed by atoms with Crippen molar-refractivity contribution in [2.45, 2.75) is 12.5 Å². The van der Waals surface area contributed by atoms with Gasteiger partial charge in [-0.3, -0.25) is 0 Å². The van der Waals surface area contributed by atoms with E-state index in [9.17, 15) is 13.9 Å². The van der Waals surface area contributed by atoms with Crippen LogP contribution in [0.25, 0.3) is 0 Å². The minimum Gasteiger partial charge on any atom is -0.388 e. The van der Waals surface area contributed by atoms with Crippen molar-refractivity contribution < 1.29 is 13.9 Å². The van der Waals surface area contributed by atoms with Crippen molar-refractivity contribution in [3.63, 3.8) is 0 Å². The van der Waals surface area contributed by atoms with E-state index in [-0.39, 0.29) is 16.5 Å². The Kier molecular flexibility index (Phi) is 4.09. The van der Waals surface area contributed by atoms with Gasteiger partial charge in [0.1, 0.15) is 11.6 Å². The van der Waals surface area contributed by atoms with E-state index in [2.05, 4.69) is 15.9 Å². The molecule has 1 unspecified atom stereocenters. The third-order valence-electron chi connectivity index (χ3n) is 2.71.